The average molecular weight is 629 g/mol. The summed E-state index contributed by atoms with van der Waals surface area (Å²) in [5.74, 6) is 0.579. The third-order valence-corrected chi connectivity index (χ3v) is 10.6. The number of halogens is 2. The maximum Gasteiger partial charge on any atom is 0.320 e. The summed E-state index contributed by atoms with van der Waals surface area (Å²) in [6, 6.07) is 6.56. The Morgan fingerprint density at radius 3 is 2.42 bits per heavy atom. The standard InChI is InChI=1S/C26H26F2N10O3S2/c27-20(28)23-32-33-24(42-23)38-18-13-16(43(40,41)34-26(14-29)5-6-26)3-4-17(18)19-21(30-15-31-22(19)38)35-9-11-37(12-10-35)25(39)36-7-1-2-8-36/h3-4,13,15,20,34H,1-2,5-12H2. The van der Waals surface area contributed by atoms with Gasteiger partial charge in [0.25, 0.3) is 6.43 Å². The van der Waals surface area contributed by atoms with Crippen LogP contribution in [0.3, 0.4) is 0 Å². The van der Waals surface area contributed by atoms with Gasteiger partial charge in [0.05, 0.1) is 21.9 Å². The zero-order valence-electron chi connectivity index (χ0n) is 22.8. The zero-order chi connectivity index (χ0) is 29.9. The number of benzene rings is 1. The Labute approximate surface area is 248 Å². The van der Waals surface area contributed by atoms with Crippen LogP contribution < -0.4 is 9.62 Å². The van der Waals surface area contributed by atoms with Gasteiger partial charge in [-0.05, 0) is 37.8 Å². The fourth-order valence-electron chi connectivity index (χ4n) is 5.70. The summed E-state index contributed by atoms with van der Waals surface area (Å²) in [5, 5.41) is 17.9. The van der Waals surface area contributed by atoms with Crippen LogP contribution in [0.4, 0.5) is 19.4 Å². The largest absolute Gasteiger partial charge is 0.352 e. The minimum atomic E-state index is -4.08. The Balaban J connectivity index is 1.31. The van der Waals surface area contributed by atoms with Gasteiger partial charge in [0.2, 0.25) is 15.2 Å². The molecule has 0 atom stereocenters. The molecule has 1 N–H and O–H groups in total. The molecular weight excluding hydrogens is 602 g/mol. The number of piperazine rings is 1. The fraction of sp³-hybridized carbons (Fsp3) is 0.462. The predicted molar refractivity (Wildman–Crippen MR) is 153 cm³/mol. The van der Waals surface area contributed by atoms with Gasteiger partial charge < -0.3 is 14.7 Å². The molecule has 1 aliphatic carbocycles. The second-order valence-electron chi connectivity index (χ2n) is 10.9. The van der Waals surface area contributed by atoms with Gasteiger partial charge >= 0.3 is 6.03 Å². The molecular formula is C26H26F2N10O3S2. The molecule has 1 aromatic carbocycles. The summed E-state index contributed by atoms with van der Waals surface area (Å²) >= 11 is 0.682. The SMILES string of the molecule is N#CC1(NS(=O)(=O)c2ccc3c4c(N5CCN(C(=O)N6CCCC6)CC5)ncnc4n(-c4nnc(C(F)F)s4)c3c2)CC1. The lowest BCUT2D eigenvalue weighted by Gasteiger charge is -2.37. The number of nitriles is 1. The van der Waals surface area contributed by atoms with Crippen LogP contribution in [0.5, 0.6) is 0 Å². The number of rotatable bonds is 6. The van der Waals surface area contributed by atoms with Crippen LogP contribution in [0.2, 0.25) is 0 Å². The van der Waals surface area contributed by atoms with Crippen LogP contribution in [-0.2, 0) is 10.0 Å². The highest BCUT2D eigenvalue weighted by molar-refractivity contribution is 7.89. The Morgan fingerprint density at radius 1 is 1.05 bits per heavy atom. The van der Waals surface area contributed by atoms with Gasteiger partial charge in [-0.1, -0.05) is 17.4 Å². The van der Waals surface area contributed by atoms with E-state index < -0.39 is 27.0 Å². The number of amides is 2. The van der Waals surface area contributed by atoms with E-state index in [-0.39, 0.29) is 16.1 Å². The number of nitrogens with zero attached hydrogens (tertiary/aromatic N) is 9. The second-order valence-corrected chi connectivity index (χ2v) is 13.6. The molecule has 7 rings (SSSR count). The van der Waals surface area contributed by atoms with Gasteiger partial charge in [0, 0.05) is 44.7 Å². The molecule has 0 unspecified atom stereocenters. The number of hydrogen-bond acceptors (Lipinski definition) is 10. The van der Waals surface area contributed by atoms with Crippen LogP contribution in [-0.4, -0.2) is 93.8 Å². The molecule has 3 fully saturated rings. The average Bonchev–Trinajstić information content (AvgIpc) is 3.39. The minimum Gasteiger partial charge on any atom is -0.352 e. The van der Waals surface area contributed by atoms with E-state index in [1.54, 1.807) is 6.07 Å². The summed E-state index contributed by atoms with van der Waals surface area (Å²) < 4.78 is 57.5. The maximum atomic E-state index is 13.5. The first-order valence-electron chi connectivity index (χ1n) is 13.8. The minimum absolute atomic E-state index is 0.0411. The molecule has 3 aromatic heterocycles. The van der Waals surface area contributed by atoms with E-state index in [1.807, 2.05) is 20.8 Å². The number of carbonyl (C=O) groups excluding carboxylic acids is 1. The highest BCUT2D eigenvalue weighted by Gasteiger charge is 2.47. The van der Waals surface area contributed by atoms with Crippen molar-refractivity contribution in [1.82, 2.24) is 39.3 Å². The van der Waals surface area contributed by atoms with Crippen molar-refractivity contribution in [3.05, 3.63) is 29.5 Å². The van der Waals surface area contributed by atoms with Crippen molar-refractivity contribution in [3.63, 3.8) is 0 Å². The van der Waals surface area contributed by atoms with Crippen LogP contribution in [0, 0.1) is 11.3 Å². The number of fused-ring (bicyclic) bond motifs is 3. The smallest absolute Gasteiger partial charge is 0.320 e. The lowest BCUT2D eigenvalue weighted by atomic mass is 10.2. The third kappa shape index (κ3) is 4.82. The number of nitrogens with one attached hydrogen (secondary N) is 1. The highest BCUT2D eigenvalue weighted by Crippen LogP contribution is 2.40. The van der Waals surface area contributed by atoms with Gasteiger partial charge in [-0.3, -0.25) is 4.57 Å². The summed E-state index contributed by atoms with van der Waals surface area (Å²) in [7, 11) is -4.08. The second kappa shape index (κ2) is 10.3. The lowest BCUT2D eigenvalue weighted by Crippen LogP contribution is -2.52. The molecule has 2 saturated heterocycles. The van der Waals surface area contributed by atoms with Gasteiger partial charge in [-0.15, -0.1) is 10.2 Å². The first-order valence-corrected chi connectivity index (χ1v) is 16.1. The van der Waals surface area contributed by atoms with Crippen molar-refractivity contribution in [1.29, 1.82) is 5.26 Å². The van der Waals surface area contributed by atoms with Gasteiger partial charge in [-0.25, -0.2) is 32.0 Å². The predicted octanol–water partition coefficient (Wildman–Crippen LogP) is 3.04. The molecule has 2 amide bonds. The quantitative estimate of drug-likeness (QED) is 0.340. The Morgan fingerprint density at radius 2 is 1.77 bits per heavy atom. The summed E-state index contributed by atoms with van der Waals surface area (Å²) in [4.78, 5) is 27.7. The number of hydrogen-bond donors (Lipinski definition) is 1. The summed E-state index contributed by atoms with van der Waals surface area (Å²) in [6.07, 6.45) is 1.41. The monoisotopic (exact) mass is 628 g/mol. The molecule has 5 heterocycles. The molecule has 1 saturated carbocycles. The number of urea groups is 1. The normalized spacial score (nSPS) is 18.6. The van der Waals surface area contributed by atoms with E-state index in [2.05, 4.69) is 24.9 Å². The van der Waals surface area contributed by atoms with Crippen molar-refractivity contribution in [2.75, 3.05) is 44.2 Å². The Bertz CT molecular complexity index is 1890. The van der Waals surface area contributed by atoms with E-state index in [1.165, 1.54) is 23.0 Å². The summed E-state index contributed by atoms with van der Waals surface area (Å²) in [5.41, 5.74) is -0.407. The van der Waals surface area contributed by atoms with E-state index in [4.69, 9.17) is 0 Å². The van der Waals surface area contributed by atoms with Gasteiger partial charge in [0.15, 0.2) is 10.7 Å². The summed E-state index contributed by atoms with van der Waals surface area (Å²) in [6.45, 7) is 3.58. The fourth-order valence-corrected chi connectivity index (χ4v) is 7.81. The molecule has 17 heteroatoms. The van der Waals surface area contributed by atoms with Gasteiger partial charge in [-0.2, -0.15) is 9.98 Å². The van der Waals surface area contributed by atoms with E-state index in [0.29, 0.717) is 78.1 Å². The zero-order valence-corrected chi connectivity index (χ0v) is 24.4. The number of aromatic nitrogens is 5. The molecule has 224 valence electrons. The van der Waals surface area contributed by atoms with Crippen LogP contribution in [0.1, 0.15) is 37.1 Å². The first-order chi connectivity index (χ1) is 20.7. The van der Waals surface area contributed by atoms with Crippen molar-refractivity contribution >= 4 is 55.1 Å². The molecule has 0 radical (unpaired) electrons. The topological polar surface area (TPSA) is 153 Å². The third-order valence-electron chi connectivity index (χ3n) is 8.14. The van der Waals surface area contributed by atoms with Crippen LogP contribution in [0.25, 0.3) is 27.1 Å². The van der Waals surface area contributed by atoms with E-state index >= 15 is 0 Å². The van der Waals surface area contributed by atoms with Crippen molar-refractivity contribution in [2.45, 2.75) is 42.5 Å². The van der Waals surface area contributed by atoms with Gasteiger partial charge in [0.1, 0.15) is 17.7 Å². The molecule has 0 spiro atoms. The van der Waals surface area contributed by atoms with Crippen LogP contribution >= 0.6 is 11.3 Å². The molecule has 0 bridgehead atoms. The molecule has 13 nitrogen and oxygen atoms in total. The maximum absolute atomic E-state index is 13.5. The number of sulfonamides is 1. The van der Waals surface area contributed by atoms with Crippen molar-refractivity contribution in [2.24, 2.45) is 0 Å². The van der Waals surface area contributed by atoms with Crippen molar-refractivity contribution < 1.29 is 22.0 Å². The first kappa shape index (κ1) is 27.8. The number of alkyl halides is 2. The van der Waals surface area contributed by atoms with Crippen LogP contribution in [0.15, 0.2) is 29.4 Å². The molecule has 3 aliphatic rings. The number of anilines is 1. The Kier molecular flexibility index (Phi) is 6.67. The molecule has 2 aliphatic heterocycles. The van der Waals surface area contributed by atoms with E-state index in [0.717, 1.165) is 25.9 Å². The van der Waals surface area contributed by atoms with E-state index in [9.17, 15) is 27.3 Å². The highest BCUT2D eigenvalue weighted by atomic mass is 32.2. The number of carbonyl (C=O) groups is 1. The number of likely N-dealkylation sites (tertiary alicyclic amines) is 1. The lowest BCUT2D eigenvalue weighted by molar-refractivity contribution is 0.150. The Hall–Kier alpha value is -4.01. The van der Waals surface area contributed by atoms with Crippen molar-refractivity contribution in [3.8, 4) is 11.2 Å². The molecule has 4 aromatic rings. The molecule has 43 heavy (non-hydrogen) atoms.